The second-order valence-corrected chi connectivity index (χ2v) is 9.96. The molecule has 0 aliphatic heterocycles. The first-order valence-electron chi connectivity index (χ1n) is 12.0. The van der Waals surface area contributed by atoms with Gasteiger partial charge in [0.25, 0.3) is 0 Å². The number of hydrogen-bond donors (Lipinski definition) is 1. The second-order valence-electron chi connectivity index (χ2n) is 9.96. The van der Waals surface area contributed by atoms with Crippen molar-refractivity contribution in [2.75, 3.05) is 0 Å². The van der Waals surface area contributed by atoms with Crippen molar-refractivity contribution in [3.8, 4) is 11.4 Å². The van der Waals surface area contributed by atoms with E-state index in [1.54, 1.807) is 23.0 Å². The summed E-state index contributed by atoms with van der Waals surface area (Å²) >= 11 is 0. The van der Waals surface area contributed by atoms with Crippen molar-refractivity contribution in [1.82, 2.24) is 15.1 Å². The average Bonchev–Trinajstić information content (AvgIpc) is 3.46. The molecule has 1 heterocycles. The van der Waals surface area contributed by atoms with Crippen LogP contribution in [0.3, 0.4) is 0 Å². The molecular formula is C29H30FN3O2. The highest BCUT2D eigenvalue weighted by atomic mass is 19.1. The number of nitrogens with zero attached hydrogens (tertiary/aromatic N) is 2. The van der Waals surface area contributed by atoms with Crippen molar-refractivity contribution >= 4 is 16.8 Å². The van der Waals surface area contributed by atoms with Gasteiger partial charge in [-0.15, -0.1) is 0 Å². The minimum Gasteiger partial charge on any atom is -0.484 e. The van der Waals surface area contributed by atoms with E-state index < -0.39 is 0 Å². The summed E-state index contributed by atoms with van der Waals surface area (Å²) in [4.78, 5) is 12.8. The first-order chi connectivity index (χ1) is 16.7. The van der Waals surface area contributed by atoms with Crippen LogP contribution >= 0.6 is 0 Å². The fourth-order valence-electron chi connectivity index (χ4n) is 4.29. The summed E-state index contributed by atoms with van der Waals surface area (Å²) in [6, 6.07) is 18.1. The van der Waals surface area contributed by atoms with Gasteiger partial charge in [0.15, 0.2) is 0 Å². The number of amides is 1. The Kier molecular flexibility index (Phi) is 5.83. The normalized spacial score (nSPS) is 16.0. The van der Waals surface area contributed by atoms with Gasteiger partial charge in [-0.3, -0.25) is 4.79 Å². The van der Waals surface area contributed by atoms with Crippen LogP contribution in [0.2, 0.25) is 0 Å². The molecule has 3 aromatic carbocycles. The minimum absolute atomic E-state index is 0.0819. The number of carbonyl (C=O) groups is 1. The van der Waals surface area contributed by atoms with Gasteiger partial charge >= 0.3 is 0 Å². The van der Waals surface area contributed by atoms with Crippen molar-refractivity contribution in [2.24, 2.45) is 5.41 Å². The zero-order chi connectivity index (χ0) is 24.7. The summed E-state index contributed by atoms with van der Waals surface area (Å²) in [5, 5.41) is 8.59. The number of benzene rings is 3. The maximum absolute atomic E-state index is 13.3. The van der Waals surface area contributed by atoms with Gasteiger partial charge in [-0.05, 0) is 92.8 Å². The largest absolute Gasteiger partial charge is 0.484 e. The highest BCUT2D eigenvalue weighted by molar-refractivity contribution is 5.85. The van der Waals surface area contributed by atoms with Gasteiger partial charge in [0.2, 0.25) is 5.91 Å². The number of ether oxygens (including phenoxy) is 1. The first-order valence-corrected chi connectivity index (χ1v) is 12.0. The molecule has 0 bridgehead atoms. The Morgan fingerprint density at radius 2 is 1.80 bits per heavy atom. The van der Waals surface area contributed by atoms with Crippen LogP contribution in [0.25, 0.3) is 16.6 Å². The quantitative estimate of drug-likeness (QED) is 0.349. The Hall–Kier alpha value is -3.67. The van der Waals surface area contributed by atoms with Gasteiger partial charge in [-0.2, -0.15) is 5.10 Å². The summed E-state index contributed by atoms with van der Waals surface area (Å²) < 4.78 is 21.6. The van der Waals surface area contributed by atoms with E-state index >= 15 is 0 Å². The lowest BCUT2D eigenvalue weighted by molar-refractivity contribution is -0.127. The van der Waals surface area contributed by atoms with Gasteiger partial charge in [-0.1, -0.05) is 25.1 Å². The van der Waals surface area contributed by atoms with Crippen molar-refractivity contribution in [3.05, 3.63) is 89.4 Å². The van der Waals surface area contributed by atoms with E-state index in [1.165, 1.54) is 23.3 Å². The fourth-order valence-corrected chi connectivity index (χ4v) is 4.29. The molecule has 0 radical (unpaired) electrons. The predicted molar refractivity (Wildman–Crippen MR) is 135 cm³/mol. The van der Waals surface area contributed by atoms with E-state index in [2.05, 4.69) is 42.5 Å². The summed E-state index contributed by atoms with van der Waals surface area (Å²) in [5.74, 6) is 0.492. The van der Waals surface area contributed by atoms with E-state index in [1.807, 2.05) is 32.0 Å². The minimum atomic E-state index is -0.356. The number of aromatic nitrogens is 2. The number of fused-ring (bicyclic) bond motifs is 1. The average molecular weight is 472 g/mol. The van der Waals surface area contributed by atoms with Crippen LogP contribution in [0.15, 0.2) is 66.9 Å². The summed E-state index contributed by atoms with van der Waals surface area (Å²) in [5.41, 5.74) is 4.84. The number of aryl methyl sites for hydroxylation is 2. The second kappa shape index (κ2) is 8.84. The lowest BCUT2D eigenvalue weighted by atomic mass is 9.98. The van der Waals surface area contributed by atoms with Gasteiger partial charge < -0.3 is 10.1 Å². The molecule has 1 aliphatic rings. The summed E-state index contributed by atoms with van der Waals surface area (Å²) in [7, 11) is 0. The van der Waals surface area contributed by atoms with E-state index in [0.717, 1.165) is 35.0 Å². The van der Waals surface area contributed by atoms with E-state index in [-0.39, 0.29) is 29.3 Å². The number of halogens is 1. The summed E-state index contributed by atoms with van der Waals surface area (Å²) in [6.07, 6.45) is 3.27. The van der Waals surface area contributed by atoms with Crippen LogP contribution in [0.5, 0.6) is 5.75 Å². The fraction of sp³-hybridized carbons (Fsp3) is 0.310. The lowest BCUT2D eigenvalue weighted by Gasteiger charge is -2.28. The third kappa shape index (κ3) is 4.65. The number of hydrogen-bond acceptors (Lipinski definition) is 3. The zero-order valence-corrected chi connectivity index (χ0v) is 20.5. The smallest absolute Gasteiger partial charge is 0.226 e. The Morgan fingerprint density at radius 1 is 1.06 bits per heavy atom. The Bertz CT molecular complexity index is 1390. The maximum Gasteiger partial charge on any atom is 0.226 e. The van der Waals surface area contributed by atoms with Gasteiger partial charge in [0, 0.05) is 10.8 Å². The molecule has 0 spiro atoms. The highest BCUT2D eigenvalue weighted by Crippen LogP contribution is 2.45. The molecule has 6 heteroatoms. The van der Waals surface area contributed by atoms with Gasteiger partial charge in [0.1, 0.15) is 17.7 Å². The first kappa shape index (κ1) is 23.1. The third-order valence-corrected chi connectivity index (χ3v) is 7.09. The van der Waals surface area contributed by atoms with Crippen LogP contribution < -0.4 is 10.1 Å². The molecule has 0 saturated heterocycles. The molecule has 35 heavy (non-hydrogen) atoms. The Balaban J connectivity index is 1.44. The summed E-state index contributed by atoms with van der Waals surface area (Å²) in [6.45, 7) is 8.17. The molecule has 4 aromatic rings. The lowest BCUT2D eigenvalue weighted by Crippen LogP contribution is -2.42. The zero-order valence-electron chi connectivity index (χ0n) is 20.5. The van der Waals surface area contributed by atoms with Crippen LogP contribution in [-0.4, -0.2) is 21.7 Å². The molecule has 1 saturated carbocycles. The molecule has 180 valence electrons. The van der Waals surface area contributed by atoms with Crippen molar-refractivity contribution in [2.45, 2.75) is 52.7 Å². The van der Waals surface area contributed by atoms with Crippen LogP contribution in [-0.2, 0) is 4.79 Å². The van der Waals surface area contributed by atoms with Crippen molar-refractivity contribution in [1.29, 1.82) is 0 Å². The van der Waals surface area contributed by atoms with Crippen LogP contribution in [0.4, 0.5) is 4.39 Å². The molecule has 1 amide bonds. The van der Waals surface area contributed by atoms with Crippen molar-refractivity contribution in [3.63, 3.8) is 0 Å². The van der Waals surface area contributed by atoms with Gasteiger partial charge in [0.05, 0.1) is 23.4 Å². The molecule has 5 nitrogen and oxygen atoms in total. The molecule has 5 rings (SSSR count). The Labute approximate surface area is 204 Å². The predicted octanol–water partition coefficient (Wildman–Crippen LogP) is 6.21. The van der Waals surface area contributed by atoms with E-state index in [0.29, 0.717) is 5.75 Å². The molecule has 1 fully saturated rings. The SMILES string of the molecule is Cc1ccc([C@@H](Oc2ccc3c(cnn3-c3ccc(F)cc3)c2)[C@H](C)NC(=O)C2(C)CC2)cc1C. The van der Waals surface area contributed by atoms with E-state index in [9.17, 15) is 9.18 Å². The molecule has 2 atom stereocenters. The molecular weight excluding hydrogens is 441 g/mol. The monoisotopic (exact) mass is 471 g/mol. The molecule has 0 unspecified atom stereocenters. The number of nitrogens with one attached hydrogen (secondary N) is 1. The van der Waals surface area contributed by atoms with Gasteiger partial charge in [-0.25, -0.2) is 9.07 Å². The van der Waals surface area contributed by atoms with Crippen molar-refractivity contribution < 1.29 is 13.9 Å². The number of rotatable bonds is 7. The maximum atomic E-state index is 13.3. The Morgan fingerprint density at radius 3 is 2.49 bits per heavy atom. The van der Waals surface area contributed by atoms with E-state index in [4.69, 9.17) is 4.74 Å². The third-order valence-electron chi connectivity index (χ3n) is 7.09. The molecule has 1 aliphatic carbocycles. The molecule has 1 N–H and O–H groups in total. The highest BCUT2D eigenvalue weighted by Gasteiger charge is 2.45. The van der Waals surface area contributed by atoms with Crippen LogP contribution in [0, 0.1) is 25.1 Å². The standard InChI is InChI=1S/C29H30FN3O2/c1-18-5-6-21(15-19(18)2)27(20(3)32-28(34)29(4)13-14-29)35-25-11-12-26-22(16-25)17-31-33(26)24-9-7-23(30)8-10-24/h5-12,15-17,20,27H,13-14H2,1-4H3,(H,32,34)/t20-,27-/m0/s1. The number of carbonyl (C=O) groups excluding carboxylic acids is 1. The molecule has 1 aromatic heterocycles. The topological polar surface area (TPSA) is 56.1 Å². The van der Waals surface area contributed by atoms with Crippen LogP contribution in [0.1, 0.15) is 49.5 Å².